The van der Waals surface area contributed by atoms with E-state index in [0.717, 1.165) is 18.8 Å². The molecule has 0 amide bonds. The van der Waals surface area contributed by atoms with E-state index in [4.69, 9.17) is 17.3 Å². The first-order valence-electron chi connectivity index (χ1n) is 6.24. The Morgan fingerprint density at radius 3 is 2.82 bits per heavy atom. The van der Waals surface area contributed by atoms with E-state index in [1.807, 2.05) is 12.1 Å². The molecule has 0 heterocycles. The van der Waals surface area contributed by atoms with Crippen LogP contribution >= 0.6 is 11.6 Å². The van der Waals surface area contributed by atoms with Crippen molar-refractivity contribution in [2.45, 2.75) is 38.1 Å². The van der Waals surface area contributed by atoms with Gasteiger partial charge in [0.15, 0.2) is 0 Å². The van der Waals surface area contributed by atoms with Gasteiger partial charge in [-0.1, -0.05) is 19.1 Å². The molecule has 0 spiro atoms. The second-order valence-corrected chi connectivity index (χ2v) is 5.42. The summed E-state index contributed by atoms with van der Waals surface area (Å²) in [6.45, 7) is 2.22. The van der Waals surface area contributed by atoms with Crippen LogP contribution in [0, 0.1) is 11.7 Å². The van der Waals surface area contributed by atoms with Crippen LogP contribution in [-0.4, -0.2) is 5.88 Å². The summed E-state index contributed by atoms with van der Waals surface area (Å²) in [5.74, 6) is 1.72. The second kappa shape index (κ2) is 5.36. The van der Waals surface area contributed by atoms with Gasteiger partial charge in [0, 0.05) is 17.5 Å². The maximum absolute atomic E-state index is 13.7. The lowest BCUT2D eigenvalue weighted by molar-refractivity contribution is 0.559. The van der Waals surface area contributed by atoms with E-state index in [9.17, 15) is 4.39 Å². The highest BCUT2D eigenvalue weighted by Crippen LogP contribution is 2.47. The van der Waals surface area contributed by atoms with Crippen LogP contribution in [0.5, 0.6) is 0 Å². The summed E-state index contributed by atoms with van der Waals surface area (Å²) in [7, 11) is 0. The van der Waals surface area contributed by atoms with Crippen LogP contribution in [0.3, 0.4) is 0 Å². The normalized spacial score (nSPS) is 24.7. The van der Waals surface area contributed by atoms with Crippen molar-refractivity contribution in [1.82, 2.24) is 0 Å². The van der Waals surface area contributed by atoms with E-state index in [2.05, 4.69) is 6.92 Å². The van der Waals surface area contributed by atoms with Crippen molar-refractivity contribution in [2.24, 2.45) is 11.7 Å². The van der Waals surface area contributed by atoms with E-state index in [0.29, 0.717) is 17.4 Å². The molecule has 1 fully saturated rings. The van der Waals surface area contributed by atoms with Gasteiger partial charge in [-0.3, -0.25) is 0 Å². The van der Waals surface area contributed by atoms with Crippen LogP contribution in [0.4, 0.5) is 4.39 Å². The van der Waals surface area contributed by atoms with Crippen LogP contribution in [0.15, 0.2) is 18.2 Å². The molecule has 1 aliphatic carbocycles. The number of alkyl halides is 1. The highest BCUT2D eigenvalue weighted by Gasteiger charge is 2.34. The minimum Gasteiger partial charge on any atom is -0.324 e. The molecule has 1 aliphatic rings. The Bertz CT molecular complexity index is 394. The molecule has 17 heavy (non-hydrogen) atoms. The first-order chi connectivity index (χ1) is 8.13. The number of halogens is 2. The number of rotatable bonds is 5. The molecule has 1 aromatic rings. The molecule has 1 nitrogen and oxygen atoms in total. The third-order valence-electron chi connectivity index (χ3n) is 3.61. The summed E-state index contributed by atoms with van der Waals surface area (Å²) in [6, 6.07) is 5.16. The molecule has 2 rings (SSSR count). The summed E-state index contributed by atoms with van der Waals surface area (Å²) >= 11 is 5.63. The van der Waals surface area contributed by atoms with Gasteiger partial charge < -0.3 is 5.73 Å². The standard InChI is InChI=1S/C14H19ClFN/c1-9-7-11(9)10-4-5-13(16)12(8-10)14(17)3-2-6-15/h4-5,8-9,11,14H,2-3,6-7,17H2,1H3/t9?,11-,14+/m0/s1. The SMILES string of the molecule is CC1C[C@@H]1c1ccc(F)c([C@H](N)CCCCl)c1. The van der Waals surface area contributed by atoms with Crippen molar-refractivity contribution in [3.05, 3.63) is 35.1 Å². The average molecular weight is 256 g/mol. The van der Waals surface area contributed by atoms with Gasteiger partial charge >= 0.3 is 0 Å². The first kappa shape index (κ1) is 12.8. The molecular weight excluding hydrogens is 237 g/mol. The predicted octanol–water partition coefficient (Wildman–Crippen LogP) is 3.97. The van der Waals surface area contributed by atoms with Gasteiger partial charge in [0.25, 0.3) is 0 Å². The number of hydrogen-bond acceptors (Lipinski definition) is 1. The molecule has 0 radical (unpaired) electrons. The average Bonchev–Trinajstić information content (AvgIpc) is 3.04. The van der Waals surface area contributed by atoms with Crippen molar-refractivity contribution in [3.63, 3.8) is 0 Å². The molecular formula is C14H19ClFN. The number of nitrogens with two attached hydrogens (primary N) is 1. The smallest absolute Gasteiger partial charge is 0.127 e. The molecule has 94 valence electrons. The lowest BCUT2D eigenvalue weighted by Crippen LogP contribution is -2.12. The summed E-state index contributed by atoms with van der Waals surface area (Å²) in [4.78, 5) is 0. The quantitative estimate of drug-likeness (QED) is 0.792. The Morgan fingerprint density at radius 1 is 1.53 bits per heavy atom. The molecule has 1 unspecified atom stereocenters. The van der Waals surface area contributed by atoms with E-state index >= 15 is 0 Å². The van der Waals surface area contributed by atoms with Gasteiger partial charge in [-0.15, -0.1) is 11.6 Å². The lowest BCUT2D eigenvalue weighted by Gasteiger charge is -2.13. The molecule has 0 saturated heterocycles. The fourth-order valence-corrected chi connectivity index (χ4v) is 2.47. The highest BCUT2D eigenvalue weighted by molar-refractivity contribution is 6.17. The minimum absolute atomic E-state index is 0.191. The largest absolute Gasteiger partial charge is 0.324 e. The lowest BCUT2D eigenvalue weighted by atomic mass is 9.98. The molecule has 3 heteroatoms. The van der Waals surface area contributed by atoms with Crippen LogP contribution in [0.1, 0.15) is 49.3 Å². The third kappa shape index (κ3) is 2.99. The zero-order chi connectivity index (χ0) is 12.4. The van der Waals surface area contributed by atoms with Gasteiger partial charge in [0.05, 0.1) is 0 Å². The van der Waals surface area contributed by atoms with Crippen molar-refractivity contribution >= 4 is 11.6 Å². The van der Waals surface area contributed by atoms with Gasteiger partial charge in [-0.25, -0.2) is 4.39 Å². The zero-order valence-electron chi connectivity index (χ0n) is 10.1. The molecule has 1 aromatic carbocycles. The Kier molecular flexibility index (Phi) is 4.05. The predicted molar refractivity (Wildman–Crippen MR) is 69.8 cm³/mol. The maximum atomic E-state index is 13.7. The van der Waals surface area contributed by atoms with Crippen LogP contribution in [0.2, 0.25) is 0 Å². The maximum Gasteiger partial charge on any atom is 0.127 e. The number of hydrogen-bond donors (Lipinski definition) is 1. The molecule has 2 N–H and O–H groups in total. The topological polar surface area (TPSA) is 26.0 Å². The van der Waals surface area contributed by atoms with Gasteiger partial charge in [-0.05, 0) is 42.7 Å². The Hall–Kier alpha value is -0.600. The summed E-state index contributed by atoms with van der Waals surface area (Å²) in [5.41, 5.74) is 7.88. The van der Waals surface area contributed by atoms with Crippen molar-refractivity contribution in [3.8, 4) is 0 Å². The van der Waals surface area contributed by atoms with E-state index in [-0.39, 0.29) is 11.9 Å². The van der Waals surface area contributed by atoms with Crippen LogP contribution in [0.25, 0.3) is 0 Å². The molecule has 0 aromatic heterocycles. The van der Waals surface area contributed by atoms with Crippen LogP contribution < -0.4 is 5.73 Å². The zero-order valence-corrected chi connectivity index (χ0v) is 10.9. The first-order valence-corrected chi connectivity index (χ1v) is 6.77. The minimum atomic E-state index is -0.234. The van der Waals surface area contributed by atoms with Crippen LogP contribution in [-0.2, 0) is 0 Å². The summed E-state index contributed by atoms with van der Waals surface area (Å²) in [6.07, 6.45) is 2.78. The van der Waals surface area contributed by atoms with E-state index in [1.54, 1.807) is 6.07 Å². The fraction of sp³-hybridized carbons (Fsp3) is 0.571. The molecule has 0 bridgehead atoms. The van der Waals surface area contributed by atoms with Gasteiger partial charge in [-0.2, -0.15) is 0 Å². The van der Waals surface area contributed by atoms with Crippen molar-refractivity contribution < 1.29 is 4.39 Å². The Balaban J connectivity index is 2.14. The van der Waals surface area contributed by atoms with Crippen molar-refractivity contribution in [2.75, 3.05) is 5.88 Å². The highest BCUT2D eigenvalue weighted by atomic mass is 35.5. The summed E-state index contributed by atoms with van der Waals surface area (Å²) < 4.78 is 13.7. The molecule has 1 saturated carbocycles. The van der Waals surface area contributed by atoms with Gasteiger partial charge in [0.1, 0.15) is 5.82 Å². The second-order valence-electron chi connectivity index (χ2n) is 5.04. The van der Waals surface area contributed by atoms with E-state index in [1.165, 1.54) is 12.0 Å². The van der Waals surface area contributed by atoms with E-state index < -0.39 is 0 Å². The molecule has 0 aliphatic heterocycles. The fourth-order valence-electron chi connectivity index (χ4n) is 2.32. The Morgan fingerprint density at radius 2 is 2.24 bits per heavy atom. The molecule has 3 atom stereocenters. The number of benzene rings is 1. The van der Waals surface area contributed by atoms with Crippen molar-refractivity contribution in [1.29, 1.82) is 0 Å². The third-order valence-corrected chi connectivity index (χ3v) is 3.87. The monoisotopic (exact) mass is 255 g/mol. The Labute approximate surface area is 107 Å². The van der Waals surface area contributed by atoms with Gasteiger partial charge in [0.2, 0.25) is 0 Å². The summed E-state index contributed by atoms with van der Waals surface area (Å²) in [5, 5.41) is 0.